The predicted molar refractivity (Wildman–Crippen MR) is 175 cm³/mol. The number of halogens is 3. The normalized spacial score (nSPS) is 20.9. The first-order chi connectivity index (χ1) is 23.6. The number of aromatic nitrogens is 3. The van der Waals surface area contributed by atoms with Gasteiger partial charge >= 0.3 is 6.36 Å². The molecule has 2 aliphatic heterocycles. The van der Waals surface area contributed by atoms with E-state index in [2.05, 4.69) is 14.7 Å². The monoisotopic (exact) mass is 713 g/mol. The second-order valence-corrected chi connectivity index (χ2v) is 13.2. The van der Waals surface area contributed by atoms with Crippen molar-refractivity contribution in [3.05, 3.63) is 102 Å². The summed E-state index contributed by atoms with van der Waals surface area (Å²) in [5, 5.41) is 0. The van der Waals surface area contributed by atoms with E-state index >= 15 is 0 Å². The molecule has 0 bridgehead atoms. The summed E-state index contributed by atoms with van der Waals surface area (Å²) in [6, 6.07) is 19.9. The molecule has 0 aliphatic carbocycles. The van der Waals surface area contributed by atoms with Gasteiger partial charge in [-0.3, -0.25) is 9.59 Å². The van der Waals surface area contributed by atoms with Crippen molar-refractivity contribution in [3.8, 4) is 23.4 Å². The van der Waals surface area contributed by atoms with E-state index in [4.69, 9.17) is 19.2 Å². The predicted octanol–water partition coefficient (Wildman–Crippen LogP) is 5.35. The van der Waals surface area contributed by atoms with Crippen molar-refractivity contribution in [1.29, 1.82) is 0 Å². The van der Waals surface area contributed by atoms with E-state index in [0.717, 1.165) is 5.56 Å². The van der Waals surface area contributed by atoms with Gasteiger partial charge < -0.3 is 28.7 Å². The number of hydrogen-bond acceptors (Lipinski definition) is 11. The lowest BCUT2D eigenvalue weighted by Gasteiger charge is -2.53. The minimum atomic E-state index is -4.87. The number of thioether (sulfide) groups is 2. The highest BCUT2D eigenvalue weighted by atomic mass is 32.2. The van der Waals surface area contributed by atoms with Gasteiger partial charge in [0.05, 0.1) is 38.5 Å². The Kier molecular flexibility index (Phi) is 9.53. The van der Waals surface area contributed by atoms with Gasteiger partial charge in [0, 0.05) is 19.2 Å². The van der Waals surface area contributed by atoms with Crippen molar-refractivity contribution in [2.24, 2.45) is 0 Å². The molecule has 11 nitrogen and oxygen atoms in total. The summed E-state index contributed by atoms with van der Waals surface area (Å²) >= 11 is 2.52. The van der Waals surface area contributed by atoms with Crippen LogP contribution in [0.4, 0.5) is 13.2 Å². The molecule has 0 spiro atoms. The lowest BCUT2D eigenvalue weighted by Crippen LogP contribution is -2.61. The summed E-state index contributed by atoms with van der Waals surface area (Å²) in [5.74, 6) is -0.515. The molecule has 2 saturated heterocycles. The van der Waals surface area contributed by atoms with Crippen LogP contribution in [0.15, 0.2) is 79.1 Å². The molecule has 2 aromatic carbocycles. The highest BCUT2D eigenvalue weighted by molar-refractivity contribution is 8.05. The number of methoxy groups -OCH3 is 3. The summed E-state index contributed by atoms with van der Waals surface area (Å²) in [4.78, 5) is 42.4. The van der Waals surface area contributed by atoms with Crippen LogP contribution in [0.1, 0.15) is 22.4 Å². The molecule has 4 heterocycles. The van der Waals surface area contributed by atoms with Gasteiger partial charge in [0.25, 0.3) is 0 Å². The fraction of sp³-hybridized carbons (Fsp3) is 0.303. The third-order valence-corrected chi connectivity index (χ3v) is 11.3. The number of pyridine rings is 1. The Labute approximate surface area is 288 Å². The largest absolute Gasteiger partial charge is 0.573 e. The second kappa shape index (κ2) is 13.7. The molecular weight excluding hydrogens is 684 g/mol. The van der Waals surface area contributed by atoms with Crippen LogP contribution in [0, 0.1) is 0 Å². The first-order valence-corrected chi connectivity index (χ1v) is 16.8. The van der Waals surface area contributed by atoms with Gasteiger partial charge in [-0.2, -0.15) is 0 Å². The number of benzene rings is 2. The van der Waals surface area contributed by atoms with Gasteiger partial charge in [0.2, 0.25) is 29.5 Å². The van der Waals surface area contributed by atoms with E-state index in [1.807, 2.05) is 30.3 Å². The molecule has 2 aliphatic rings. The molecule has 0 radical (unpaired) electrons. The maximum Gasteiger partial charge on any atom is 0.573 e. The van der Waals surface area contributed by atoms with Crippen molar-refractivity contribution in [2.75, 3.05) is 32.8 Å². The van der Waals surface area contributed by atoms with Crippen LogP contribution in [0.25, 0.3) is 0 Å². The number of nitrogens with zero attached hydrogens (tertiary/aromatic N) is 5. The summed E-state index contributed by atoms with van der Waals surface area (Å²) in [7, 11) is 4.33. The molecule has 6 rings (SSSR count). The maximum absolute atomic E-state index is 14.3. The van der Waals surface area contributed by atoms with E-state index in [9.17, 15) is 22.8 Å². The first kappa shape index (κ1) is 34.2. The Bertz CT molecular complexity index is 1820. The van der Waals surface area contributed by atoms with Crippen molar-refractivity contribution in [1.82, 2.24) is 24.8 Å². The Morgan fingerprint density at radius 2 is 1.31 bits per heavy atom. The van der Waals surface area contributed by atoms with Crippen LogP contribution in [0.5, 0.6) is 23.4 Å². The van der Waals surface area contributed by atoms with Crippen molar-refractivity contribution < 1.29 is 41.7 Å². The van der Waals surface area contributed by atoms with Gasteiger partial charge in [0.1, 0.15) is 17.6 Å². The number of rotatable bonds is 11. The van der Waals surface area contributed by atoms with E-state index in [1.165, 1.54) is 75.4 Å². The Morgan fingerprint density at radius 3 is 1.88 bits per heavy atom. The number of hydrogen-bond donors (Lipinski definition) is 0. The minimum Gasteiger partial charge on any atom is -0.481 e. The fourth-order valence-corrected chi connectivity index (χ4v) is 9.51. The minimum absolute atomic E-state index is 0.0257. The highest BCUT2D eigenvalue weighted by Gasteiger charge is 2.71. The molecule has 256 valence electrons. The van der Waals surface area contributed by atoms with Crippen LogP contribution >= 0.6 is 23.5 Å². The average Bonchev–Trinajstić information content (AvgIpc) is 3.61. The second-order valence-electron chi connectivity index (χ2n) is 10.8. The van der Waals surface area contributed by atoms with Crippen LogP contribution in [0.3, 0.4) is 0 Å². The number of carbonyl (C=O) groups excluding carboxylic acids is 2. The summed E-state index contributed by atoms with van der Waals surface area (Å²) in [5.41, 5.74) is 1.98. The Balaban J connectivity index is 1.65. The molecule has 4 aromatic rings. The van der Waals surface area contributed by atoms with E-state index < -0.39 is 21.9 Å². The average molecular weight is 714 g/mol. The van der Waals surface area contributed by atoms with Gasteiger partial charge in [-0.1, -0.05) is 48.5 Å². The molecule has 0 saturated carbocycles. The molecule has 0 N–H and O–H groups in total. The van der Waals surface area contributed by atoms with E-state index in [1.54, 1.807) is 28.0 Å². The molecular formula is C33H30F3N5O6S2. The van der Waals surface area contributed by atoms with E-state index in [0.29, 0.717) is 11.3 Å². The molecule has 2 atom stereocenters. The first-order valence-electron chi connectivity index (χ1n) is 14.8. The fourth-order valence-electron chi connectivity index (χ4n) is 6.13. The van der Waals surface area contributed by atoms with Crippen LogP contribution in [-0.2, 0) is 32.4 Å². The third kappa shape index (κ3) is 6.18. The number of ether oxygens (including phenoxy) is 4. The number of carbonyl (C=O) groups is 2. The van der Waals surface area contributed by atoms with E-state index in [-0.39, 0.29) is 59.6 Å². The Morgan fingerprint density at radius 1 is 0.735 bits per heavy atom. The Hall–Kier alpha value is -4.70. The van der Waals surface area contributed by atoms with Crippen LogP contribution in [0.2, 0.25) is 0 Å². The topological polar surface area (TPSA) is 116 Å². The van der Waals surface area contributed by atoms with Crippen LogP contribution < -0.4 is 18.9 Å². The third-order valence-electron chi connectivity index (χ3n) is 8.09. The lowest BCUT2D eigenvalue weighted by molar-refractivity contribution is -0.274. The summed E-state index contributed by atoms with van der Waals surface area (Å²) in [6.45, 7) is 0.0384. The van der Waals surface area contributed by atoms with Crippen LogP contribution in [-0.4, -0.2) is 75.8 Å². The highest BCUT2D eigenvalue weighted by Crippen LogP contribution is 2.68. The molecule has 2 fully saturated rings. The smallest absolute Gasteiger partial charge is 0.481 e. The molecule has 2 aromatic heterocycles. The zero-order chi connectivity index (χ0) is 34.8. The number of amides is 2. The summed E-state index contributed by atoms with van der Waals surface area (Å²) < 4.78 is 60.1. The van der Waals surface area contributed by atoms with Crippen molar-refractivity contribution >= 4 is 35.3 Å². The molecule has 2 amide bonds. The maximum atomic E-state index is 14.3. The lowest BCUT2D eigenvalue weighted by atomic mass is 9.90. The molecule has 16 heteroatoms. The SMILES string of the molecule is COc1cccc(C2(C3(c4c(OC)ncnc4OC)SCC(=O)N3Cc3ccc(OC(F)(F)F)cc3)SCC(=O)N2Cc2ccccc2)n1. The zero-order valence-electron chi connectivity index (χ0n) is 26.5. The van der Waals surface area contributed by atoms with Crippen molar-refractivity contribution in [2.45, 2.75) is 29.2 Å². The van der Waals surface area contributed by atoms with Gasteiger partial charge in [-0.05, 0) is 29.3 Å². The standard InChI is InChI=1S/C33H30F3N5O6S2/c1-44-25-11-7-10-24(39-25)31(40(26(42)18-48-31)16-21-8-5-4-6-9-21)32(28-29(45-2)37-20-38-30(28)46-3)41(27(43)19-49-32)17-22-12-14-23(15-13-22)47-33(34,35)36/h4-15,20H,16-19H2,1-3H3. The van der Waals surface area contributed by atoms with Crippen molar-refractivity contribution in [3.63, 3.8) is 0 Å². The number of alkyl halides is 3. The van der Waals surface area contributed by atoms with Gasteiger partial charge in [-0.25, -0.2) is 15.0 Å². The quantitative estimate of drug-likeness (QED) is 0.200. The molecule has 49 heavy (non-hydrogen) atoms. The molecule has 2 unspecified atom stereocenters. The summed E-state index contributed by atoms with van der Waals surface area (Å²) in [6.07, 6.45) is -3.60. The zero-order valence-corrected chi connectivity index (χ0v) is 28.1. The van der Waals surface area contributed by atoms with Gasteiger partial charge in [-0.15, -0.1) is 36.7 Å². The van der Waals surface area contributed by atoms with Gasteiger partial charge in [0.15, 0.2) is 9.74 Å².